The van der Waals surface area contributed by atoms with E-state index in [2.05, 4.69) is 41.9 Å². The van der Waals surface area contributed by atoms with E-state index < -0.39 is 13.0 Å². The van der Waals surface area contributed by atoms with Crippen LogP contribution in [0.3, 0.4) is 0 Å². The summed E-state index contributed by atoms with van der Waals surface area (Å²) >= 11 is 6.54. The first-order valence-corrected chi connectivity index (χ1v) is 5.87. The van der Waals surface area contributed by atoms with Gasteiger partial charge in [-0.25, -0.2) is 0 Å². The molecule has 0 heterocycles. The van der Waals surface area contributed by atoms with E-state index in [9.17, 15) is 13.2 Å². The normalized spacial score (nSPS) is 11.6. The van der Waals surface area contributed by atoms with Crippen molar-refractivity contribution in [2.24, 2.45) is 0 Å². The van der Waals surface area contributed by atoms with Crippen LogP contribution in [0, 0.1) is 0 Å². The first-order valence-electron chi connectivity index (χ1n) is 4.28. The molecule has 1 aromatic carbocycles. The molecule has 1 aromatic rings. The lowest BCUT2D eigenvalue weighted by Gasteiger charge is -2.10. The molecule has 0 aliphatic carbocycles. The summed E-state index contributed by atoms with van der Waals surface area (Å²) in [5, 5.41) is 2.82. The van der Waals surface area contributed by atoms with Gasteiger partial charge in [0.1, 0.15) is 0 Å². The maximum absolute atomic E-state index is 11.7. The Morgan fingerprint density at radius 3 is 2.56 bits per heavy atom. The second-order valence-corrected chi connectivity index (χ2v) is 4.62. The molecule has 16 heavy (non-hydrogen) atoms. The second kappa shape index (κ2) is 5.88. The summed E-state index contributed by atoms with van der Waals surface area (Å²) in [6.07, 6.45) is -4.57. The Labute approximate surface area is 107 Å². The number of hydrogen-bond donors (Lipinski definition) is 1. The summed E-state index contributed by atoms with van der Waals surface area (Å²) in [4.78, 5) is 0. The van der Waals surface area contributed by atoms with Crippen molar-refractivity contribution >= 4 is 37.5 Å². The summed E-state index contributed by atoms with van der Waals surface area (Å²) in [7, 11) is 0. The molecule has 0 aromatic heterocycles. The lowest BCUT2D eigenvalue weighted by atomic mass is 10.3. The molecule has 0 spiro atoms. The van der Waals surface area contributed by atoms with E-state index in [0.29, 0.717) is 5.69 Å². The van der Waals surface area contributed by atoms with Crippen molar-refractivity contribution in [3.8, 4) is 0 Å². The molecule has 0 saturated heterocycles. The summed E-state index contributed by atoms with van der Waals surface area (Å²) in [5.41, 5.74) is 0.708. The largest absolute Gasteiger partial charge is 0.522 e. The Kier molecular flexibility index (Phi) is 5.07. The molecule has 0 aliphatic rings. The third-order valence-electron chi connectivity index (χ3n) is 1.61. The van der Waals surface area contributed by atoms with Gasteiger partial charge in [-0.3, -0.25) is 4.74 Å². The lowest BCUT2D eigenvalue weighted by molar-refractivity contribution is -0.322. The van der Waals surface area contributed by atoms with Crippen molar-refractivity contribution in [2.45, 2.75) is 6.36 Å². The predicted octanol–water partition coefficient (Wildman–Crippen LogP) is 4.16. The molecule has 0 fully saturated rings. The minimum atomic E-state index is -4.57. The molecule has 0 unspecified atom stereocenters. The van der Waals surface area contributed by atoms with Crippen molar-refractivity contribution in [3.63, 3.8) is 0 Å². The number of ether oxygens (including phenoxy) is 1. The maximum Gasteiger partial charge on any atom is 0.522 e. The summed E-state index contributed by atoms with van der Waals surface area (Å²) < 4.78 is 40.2. The van der Waals surface area contributed by atoms with Crippen LogP contribution in [0.5, 0.6) is 0 Å². The summed E-state index contributed by atoms with van der Waals surface area (Å²) in [6, 6.07) is 5.37. The fourth-order valence-electron chi connectivity index (χ4n) is 0.985. The van der Waals surface area contributed by atoms with Crippen molar-refractivity contribution in [1.29, 1.82) is 0 Å². The first-order chi connectivity index (χ1) is 7.38. The quantitative estimate of drug-likeness (QED) is 0.812. The molecule has 0 aliphatic heterocycles. The number of rotatable bonds is 4. The van der Waals surface area contributed by atoms with Crippen LogP contribution in [0.4, 0.5) is 18.9 Å². The van der Waals surface area contributed by atoms with Crippen LogP contribution < -0.4 is 5.32 Å². The van der Waals surface area contributed by atoms with E-state index >= 15 is 0 Å². The topological polar surface area (TPSA) is 21.3 Å². The zero-order chi connectivity index (χ0) is 12.2. The van der Waals surface area contributed by atoms with Crippen molar-refractivity contribution in [1.82, 2.24) is 0 Å². The molecule has 0 atom stereocenters. The van der Waals surface area contributed by atoms with Crippen LogP contribution in [0.25, 0.3) is 0 Å². The van der Waals surface area contributed by atoms with Gasteiger partial charge < -0.3 is 5.32 Å². The van der Waals surface area contributed by atoms with Gasteiger partial charge in [0.25, 0.3) is 0 Å². The van der Waals surface area contributed by atoms with Crippen LogP contribution in [-0.2, 0) is 4.74 Å². The molecule has 90 valence electrons. The van der Waals surface area contributed by atoms with Gasteiger partial charge in [-0.05, 0) is 34.1 Å². The fraction of sp³-hybridized carbons (Fsp3) is 0.333. The first kappa shape index (κ1) is 13.8. The summed E-state index contributed by atoms with van der Waals surface area (Å²) in [5.74, 6) is 0. The van der Waals surface area contributed by atoms with Gasteiger partial charge >= 0.3 is 6.36 Å². The van der Waals surface area contributed by atoms with Gasteiger partial charge in [-0.1, -0.05) is 15.9 Å². The van der Waals surface area contributed by atoms with Gasteiger partial charge in [-0.2, -0.15) is 0 Å². The van der Waals surface area contributed by atoms with E-state index in [0.717, 1.165) is 8.95 Å². The number of anilines is 1. The third kappa shape index (κ3) is 5.18. The Balaban J connectivity index is 2.40. The fourth-order valence-corrected chi connectivity index (χ4v) is 1.73. The highest BCUT2D eigenvalue weighted by molar-refractivity contribution is 9.11. The van der Waals surface area contributed by atoms with Crippen molar-refractivity contribution < 1.29 is 17.9 Å². The van der Waals surface area contributed by atoms with Crippen LogP contribution in [-0.4, -0.2) is 19.5 Å². The minimum Gasteiger partial charge on any atom is -0.382 e. The van der Waals surface area contributed by atoms with Gasteiger partial charge in [0.15, 0.2) is 0 Å². The molecule has 0 bridgehead atoms. The molecule has 0 radical (unpaired) electrons. The SMILES string of the molecule is FC(F)(F)OCCNc1cc(Br)ccc1Br. The molecular formula is C9H8Br2F3NO. The number of halogens is 5. The van der Waals surface area contributed by atoms with Crippen molar-refractivity contribution in [2.75, 3.05) is 18.5 Å². The smallest absolute Gasteiger partial charge is 0.382 e. The lowest BCUT2D eigenvalue weighted by Crippen LogP contribution is -2.19. The van der Waals surface area contributed by atoms with Crippen molar-refractivity contribution in [3.05, 3.63) is 27.1 Å². The maximum atomic E-state index is 11.7. The van der Waals surface area contributed by atoms with Gasteiger partial charge in [-0.15, -0.1) is 13.2 Å². The van der Waals surface area contributed by atoms with Gasteiger partial charge in [0, 0.05) is 21.2 Å². The van der Waals surface area contributed by atoms with Crippen LogP contribution in [0.2, 0.25) is 0 Å². The van der Waals surface area contributed by atoms with E-state index in [-0.39, 0.29) is 6.54 Å². The Hall–Kier alpha value is -0.270. The second-order valence-electron chi connectivity index (χ2n) is 2.85. The van der Waals surface area contributed by atoms with E-state index in [1.54, 1.807) is 12.1 Å². The summed E-state index contributed by atoms with van der Waals surface area (Å²) in [6.45, 7) is -0.350. The highest BCUT2D eigenvalue weighted by Crippen LogP contribution is 2.26. The van der Waals surface area contributed by atoms with Crippen LogP contribution in [0.1, 0.15) is 0 Å². The molecule has 2 nitrogen and oxygen atoms in total. The van der Waals surface area contributed by atoms with Crippen LogP contribution in [0.15, 0.2) is 27.1 Å². The van der Waals surface area contributed by atoms with E-state index in [1.807, 2.05) is 6.07 Å². The molecular weight excluding hydrogens is 355 g/mol. The molecule has 0 saturated carbocycles. The average molecular weight is 363 g/mol. The van der Waals surface area contributed by atoms with Crippen LogP contribution >= 0.6 is 31.9 Å². The predicted molar refractivity (Wildman–Crippen MR) is 62.3 cm³/mol. The molecule has 1 rings (SSSR count). The average Bonchev–Trinajstić information content (AvgIpc) is 2.16. The molecule has 1 N–H and O–H groups in total. The minimum absolute atomic E-state index is 0.0779. The van der Waals surface area contributed by atoms with Gasteiger partial charge in [0.05, 0.1) is 6.61 Å². The third-order valence-corrected chi connectivity index (χ3v) is 2.80. The Morgan fingerprint density at radius 1 is 1.25 bits per heavy atom. The Bertz CT molecular complexity index is 357. The van der Waals surface area contributed by atoms with E-state index in [1.165, 1.54) is 0 Å². The van der Waals surface area contributed by atoms with E-state index in [4.69, 9.17) is 0 Å². The monoisotopic (exact) mass is 361 g/mol. The Morgan fingerprint density at radius 2 is 1.94 bits per heavy atom. The highest BCUT2D eigenvalue weighted by atomic mass is 79.9. The zero-order valence-electron chi connectivity index (χ0n) is 7.94. The number of nitrogens with one attached hydrogen (secondary N) is 1. The number of benzene rings is 1. The number of alkyl halides is 3. The number of hydrogen-bond acceptors (Lipinski definition) is 2. The molecule has 0 amide bonds. The highest BCUT2D eigenvalue weighted by Gasteiger charge is 2.28. The molecule has 7 heteroatoms. The standard InChI is InChI=1S/C9H8Br2F3NO/c10-6-1-2-7(11)8(5-6)15-3-4-16-9(12,13)14/h1-2,5,15H,3-4H2. The van der Waals surface area contributed by atoms with Gasteiger partial charge in [0.2, 0.25) is 0 Å². The zero-order valence-corrected chi connectivity index (χ0v) is 11.1.